The summed E-state index contributed by atoms with van der Waals surface area (Å²) < 4.78 is 0. The first kappa shape index (κ1) is 18.7. The monoisotopic (exact) mass is 295 g/mol. The molecule has 0 heterocycles. The lowest BCUT2D eigenvalue weighted by molar-refractivity contribution is -0.129. The number of Topliss-reactive ketones (excluding diaryl/α,β-unsaturated/α-hetero) is 1. The molecule has 1 aliphatic rings. The van der Waals surface area contributed by atoms with Crippen LogP contribution >= 0.6 is 0 Å². The summed E-state index contributed by atoms with van der Waals surface area (Å²) >= 11 is 0. The molecule has 0 aromatic rings. The smallest absolute Gasteiger partial charge is 0.155 e. The van der Waals surface area contributed by atoms with Gasteiger partial charge in [-0.1, -0.05) is 47.5 Å². The summed E-state index contributed by atoms with van der Waals surface area (Å²) in [5, 5.41) is 3.59. The van der Waals surface area contributed by atoms with Gasteiger partial charge in [0, 0.05) is 11.0 Å². The first-order chi connectivity index (χ1) is 9.30. The highest BCUT2D eigenvalue weighted by Crippen LogP contribution is 2.40. The van der Waals surface area contributed by atoms with E-state index in [1.165, 1.54) is 25.7 Å². The fourth-order valence-corrected chi connectivity index (χ4v) is 3.67. The molecule has 0 saturated heterocycles. The molecule has 0 bridgehead atoms. The Hall–Kier alpha value is -0.370. The number of carbonyl (C=O) groups is 1. The molecule has 1 saturated carbocycles. The van der Waals surface area contributed by atoms with E-state index in [0.717, 1.165) is 6.42 Å². The van der Waals surface area contributed by atoms with Crippen molar-refractivity contribution in [1.82, 2.24) is 5.32 Å². The van der Waals surface area contributed by atoms with Gasteiger partial charge < -0.3 is 5.32 Å². The SMILES string of the molecule is CC1(C)CCCC(CC(NC(C)(C)C)C(=O)C(C)(C)C)C1. The molecule has 0 aromatic heterocycles. The Kier molecular flexibility index (Phi) is 5.69. The lowest BCUT2D eigenvalue weighted by Crippen LogP contribution is -2.51. The van der Waals surface area contributed by atoms with Crippen molar-refractivity contribution in [3.63, 3.8) is 0 Å². The Bertz CT molecular complexity index is 357. The summed E-state index contributed by atoms with van der Waals surface area (Å²) in [6.07, 6.45) is 6.17. The fourth-order valence-electron chi connectivity index (χ4n) is 3.67. The highest BCUT2D eigenvalue weighted by atomic mass is 16.1. The molecule has 0 amide bonds. The zero-order valence-corrected chi connectivity index (χ0v) is 15.6. The molecule has 1 N–H and O–H groups in total. The average molecular weight is 296 g/mol. The van der Waals surface area contributed by atoms with Gasteiger partial charge in [0.25, 0.3) is 0 Å². The van der Waals surface area contributed by atoms with Crippen LogP contribution in [0.1, 0.15) is 87.5 Å². The summed E-state index contributed by atoms with van der Waals surface area (Å²) in [5.41, 5.74) is 0.156. The summed E-state index contributed by atoms with van der Waals surface area (Å²) in [6, 6.07) is -0.0103. The first-order valence-electron chi connectivity index (χ1n) is 8.62. The van der Waals surface area contributed by atoms with Crippen LogP contribution in [0.15, 0.2) is 0 Å². The van der Waals surface area contributed by atoms with Gasteiger partial charge in [0.05, 0.1) is 6.04 Å². The molecule has 2 heteroatoms. The molecule has 1 fully saturated rings. The van der Waals surface area contributed by atoms with Gasteiger partial charge in [-0.05, 0) is 51.4 Å². The maximum Gasteiger partial charge on any atom is 0.155 e. The number of ketones is 1. The van der Waals surface area contributed by atoms with Crippen molar-refractivity contribution in [3.8, 4) is 0 Å². The third kappa shape index (κ3) is 6.50. The van der Waals surface area contributed by atoms with Crippen LogP contribution in [0.3, 0.4) is 0 Å². The molecule has 2 nitrogen and oxygen atoms in total. The number of nitrogens with one attached hydrogen (secondary N) is 1. The van der Waals surface area contributed by atoms with E-state index < -0.39 is 0 Å². The van der Waals surface area contributed by atoms with Gasteiger partial charge in [-0.3, -0.25) is 4.79 Å². The van der Waals surface area contributed by atoms with Gasteiger partial charge in [-0.25, -0.2) is 0 Å². The van der Waals surface area contributed by atoms with Crippen LogP contribution in [-0.2, 0) is 4.79 Å². The van der Waals surface area contributed by atoms with Crippen LogP contribution in [-0.4, -0.2) is 17.4 Å². The van der Waals surface area contributed by atoms with E-state index in [4.69, 9.17) is 0 Å². The molecular formula is C19H37NO. The van der Waals surface area contributed by atoms with Gasteiger partial charge >= 0.3 is 0 Å². The molecule has 0 radical (unpaired) electrons. The van der Waals surface area contributed by atoms with Crippen LogP contribution in [0.4, 0.5) is 0 Å². The molecule has 124 valence electrons. The van der Waals surface area contributed by atoms with Crippen molar-refractivity contribution >= 4 is 5.78 Å². The molecule has 1 rings (SSSR count). The average Bonchev–Trinajstić information content (AvgIpc) is 2.22. The molecule has 21 heavy (non-hydrogen) atoms. The van der Waals surface area contributed by atoms with Crippen molar-refractivity contribution in [3.05, 3.63) is 0 Å². The zero-order chi connectivity index (χ0) is 16.5. The maximum absolute atomic E-state index is 12.8. The van der Waals surface area contributed by atoms with E-state index in [0.29, 0.717) is 17.1 Å². The number of carbonyl (C=O) groups excluding carboxylic acids is 1. The molecule has 0 spiro atoms. The van der Waals surface area contributed by atoms with E-state index in [1.807, 2.05) is 20.8 Å². The Morgan fingerprint density at radius 1 is 1.19 bits per heavy atom. The highest BCUT2D eigenvalue weighted by Gasteiger charge is 2.36. The molecule has 0 aromatic carbocycles. The van der Waals surface area contributed by atoms with Gasteiger partial charge in [0.15, 0.2) is 5.78 Å². The van der Waals surface area contributed by atoms with Crippen molar-refractivity contribution < 1.29 is 4.79 Å². The van der Waals surface area contributed by atoms with Crippen LogP contribution in [0, 0.1) is 16.7 Å². The summed E-state index contributed by atoms with van der Waals surface area (Å²) in [4.78, 5) is 12.8. The van der Waals surface area contributed by atoms with Crippen LogP contribution in [0.25, 0.3) is 0 Å². The first-order valence-corrected chi connectivity index (χ1v) is 8.62. The topological polar surface area (TPSA) is 29.1 Å². The maximum atomic E-state index is 12.8. The Labute approximate surface area is 132 Å². The minimum absolute atomic E-state index is 0.0103. The minimum atomic E-state index is -0.271. The van der Waals surface area contributed by atoms with Crippen LogP contribution in [0.2, 0.25) is 0 Å². The van der Waals surface area contributed by atoms with Gasteiger partial charge in [-0.2, -0.15) is 0 Å². The van der Waals surface area contributed by atoms with E-state index >= 15 is 0 Å². The van der Waals surface area contributed by atoms with Crippen LogP contribution < -0.4 is 5.32 Å². The molecule has 0 aliphatic heterocycles. The largest absolute Gasteiger partial charge is 0.303 e. The molecule has 2 atom stereocenters. The quantitative estimate of drug-likeness (QED) is 0.793. The Balaban J connectivity index is 2.80. The van der Waals surface area contributed by atoms with Crippen molar-refractivity contribution in [2.24, 2.45) is 16.7 Å². The lowest BCUT2D eigenvalue weighted by atomic mass is 9.69. The van der Waals surface area contributed by atoms with Crippen LogP contribution in [0.5, 0.6) is 0 Å². The zero-order valence-electron chi connectivity index (χ0n) is 15.6. The van der Waals surface area contributed by atoms with Gasteiger partial charge in [0.1, 0.15) is 0 Å². The summed E-state index contributed by atoms with van der Waals surface area (Å²) in [6.45, 7) is 17.3. The Morgan fingerprint density at radius 3 is 2.19 bits per heavy atom. The molecular weight excluding hydrogens is 258 g/mol. The van der Waals surface area contributed by atoms with E-state index in [1.54, 1.807) is 0 Å². The van der Waals surface area contributed by atoms with Crippen molar-refractivity contribution in [1.29, 1.82) is 0 Å². The molecule has 2 unspecified atom stereocenters. The predicted molar refractivity (Wildman–Crippen MR) is 91.5 cm³/mol. The van der Waals surface area contributed by atoms with Gasteiger partial charge in [-0.15, -0.1) is 0 Å². The Morgan fingerprint density at radius 2 is 1.76 bits per heavy atom. The molecule has 1 aliphatic carbocycles. The van der Waals surface area contributed by atoms with Crippen molar-refractivity contribution in [2.75, 3.05) is 0 Å². The fraction of sp³-hybridized carbons (Fsp3) is 0.947. The van der Waals surface area contributed by atoms with E-state index in [2.05, 4.69) is 39.9 Å². The number of hydrogen-bond donors (Lipinski definition) is 1. The minimum Gasteiger partial charge on any atom is -0.303 e. The highest BCUT2D eigenvalue weighted by molar-refractivity contribution is 5.88. The number of hydrogen-bond acceptors (Lipinski definition) is 2. The van der Waals surface area contributed by atoms with Crippen molar-refractivity contribution in [2.45, 2.75) is 99.1 Å². The lowest BCUT2D eigenvalue weighted by Gasteiger charge is -2.39. The summed E-state index contributed by atoms with van der Waals surface area (Å²) in [7, 11) is 0. The van der Waals surface area contributed by atoms with E-state index in [-0.39, 0.29) is 17.0 Å². The number of rotatable bonds is 4. The standard InChI is InChI=1S/C19H37NO/c1-17(2,3)16(21)15(20-18(4,5)6)12-14-10-9-11-19(7,8)13-14/h14-15,20H,9-13H2,1-8H3. The second-order valence-corrected chi connectivity index (χ2v) is 9.92. The summed E-state index contributed by atoms with van der Waals surface area (Å²) in [5.74, 6) is 1.04. The second-order valence-electron chi connectivity index (χ2n) is 9.92. The third-order valence-corrected chi connectivity index (χ3v) is 4.54. The normalized spacial score (nSPS) is 24.7. The third-order valence-electron chi connectivity index (χ3n) is 4.54. The second kappa shape index (κ2) is 6.40. The van der Waals surface area contributed by atoms with Gasteiger partial charge in [0.2, 0.25) is 0 Å². The predicted octanol–water partition coefficient (Wildman–Crippen LogP) is 4.96. The van der Waals surface area contributed by atoms with E-state index in [9.17, 15) is 4.79 Å².